The van der Waals surface area contributed by atoms with Gasteiger partial charge in [-0.15, -0.1) is 0 Å². The molecule has 2 heterocycles. The zero-order valence-electron chi connectivity index (χ0n) is 21.4. The van der Waals surface area contributed by atoms with E-state index in [0.29, 0.717) is 11.3 Å². The number of rotatable bonds is 7. The Labute approximate surface area is 248 Å². The Morgan fingerprint density at radius 2 is 1.52 bits per heavy atom. The summed E-state index contributed by atoms with van der Waals surface area (Å²) in [6.45, 7) is 0. The maximum absolute atomic E-state index is 13.8. The van der Waals surface area contributed by atoms with E-state index in [9.17, 15) is 28.1 Å². The van der Waals surface area contributed by atoms with Crippen molar-refractivity contribution in [2.24, 2.45) is 5.92 Å². The monoisotopic (exact) mass is 649 g/mol. The van der Waals surface area contributed by atoms with E-state index in [0.717, 1.165) is 9.37 Å². The van der Waals surface area contributed by atoms with E-state index in [4.69, 9.17) is 9.02 Å². The normalized spacial score (nSPS) is 20.1. The quantitative estimate of drug-likeness (QED) is 0.115. The number of benzene rings is 4. The molecule has 212 valence electrons. The van der Waals surface area contributed by atoms with E-state index < -0.39 is 44.9 Å². The van der Waals surface area contributed by atoms with Crippen molar-refractivity contribution in [1.29, 1.82) is 0 Å². The van der Waals surface area contributed by atoms with Crippen LogP contribution in [0.15, 0.2) is 112 Å². The number of amides is 2. The van der Waals surface area contributed by atoms with Gasteiger partial charge in [0.05, 0.1) is 22.3 Å². The van der Waals surface area contributed by atoms with Crippen LogP contribution in [0.25, 0.3) is 0 Å². The molecule has 4 aromatic carbocycles. The molecule has 0 saturated carbocycles. The van der Waals surface area contributed by atoms with Crippen molar-refractivity contribution < 1.29 is 32.0 Å². The van der Waals surface area contributed by atoms with Crippen LogP contribution in [0.3, 0.4) is 0 Å². The highest BCUT2D eigenvalue weighted by Gasteiger charge is 2.60. The van der Waals surface area contributed by atoms with Gasteiger partial charge in [0, 0.05) is 16.6 Å². The molecule has 0 unspecified atom stereocenters. The van der Waals surface area contributed by atoms with E-state index in [1.165, 1.54) is 47.5 Å². The summed E-state index contributed by atoms with van der Waals surface area (Å²) in [6, 6.07) is 25.1. The van der Waals surface area contributed by atoms with Crippen LogP contribution in [0.5, 0.6) is 5.75 Å². The second kappa shape index (κ2) is 10.7. The zero-order valence-corrected chi connectivity index (χ0v) is 23.8. The van der Waals surface area contributed by atoms with Crippen molar-refractivity contribution in [1.82, 2.24) is 0 Å². The van der Waals surface area contributed by atoms with Crippen LogP contribution in [-0.2, 0) is 24.5 Å². The molecule has 0 bridgehead atoms. The third kappa shape index (κ3) is 4.91. The minimum Gasteiger partial charge on any atom is -0.379 e. The van der Waals surface area contributed by atoms with E-state index in [2.05, 4.69) is 15.9 Å². The lowest BCUT2D eigenvalue weighted by atomic mass is 9.90. The minimum atomic E-state index is -4.09. The first-order valence-corrected chi connectivity index (χ1v) is 14.8. The largest absolute Gasteiger partial charge is 0.379 e. The summed E-state index contributed by atoms with van der Waals surface area (Å²) < 4.78 is 31.4. The van der Waals surface area contributed by atoms with Gasteiger partial charge in [0.1, 0.15) is 16.6 Å². The van der Waals surface area contributed by atoms with Crippen molar-refractivity contribution in [3.8, 4) is 5.75 Å². The van der Waals surface area contributed by atoms with E-state index in [1.54, 1.807) is 60.7 Å². The molecular weight excluding hydrogens is 630 g/mol. The Bertz CT molecular complexity index is 1800. The SMILES string of the molecule is O=C1[C@@H]2[C@H](ON(c3cccc([N+](=O)[O-])c3)[C@@H]2c2ccc(OS(=O)(=O)c3ccccc3)cc2)C(=O)N1c1ccc(Br)cc1. The van der Waals surface area contributed by atoms with Crippen molar-refractivity contribution in [3.63, 3.8) is 0 Å². The molecule has 2 saturated heterocycles. The van der Waals surface area contributed by atoms with Crippen molar-refractivity contribution in [2.75, 3.05) is 9.96 Å². The highest BCUT2D eigenvalue weighted by molar-refractivity contribution is 9.10. The summed E-state index contributed by atoms with van der Waals surface area (Å²) in [5.41, 5.74) is 0.946. The Balaban J connectivity index is 1.37. The molecule has 13 heteroatoms. The average Bonchev–Trinajstić information content (AvgIpc) is 3.50. The van der Waals surface area contributed by atoms with Crippen molar-refractivity contribution in [2.45, 2.75) is 17.0 Å². The number of nitro benzene ring substituents is 1. The molecule has 2 amide bonds. The van der Waals surface area contributed by atoms with Crippen LogP contribution in [0, 0.1) is 16.0 Å². The number of imide groups is 1. The van der Waals surface area contributed by atoms with Crippen LogP contribution in [0.1, 0.15) is 11.6 Å². The molecule has 6 rings (SSSR count). The highest BCUT2D eigenvalue weighted by atomic mass is 79.9. The minimum absolute atomic E-state index is 0.0129. The Morgan fingerprint density at radius 1 is 0.833 bits per heavy atom. The highest BCUT2D eigenvalue weighted by Crippen LogP contribution is 2.48. The first kappa shape index (κ1) is 27.6. The van der Waals surface area contributed by atoms with Gasteiger partial charge < -0.3 is 4.18 Å². The number of hydrogen-bond acceptors (Lipinski definition) is 9. The second-order valence-corrected chi connectivity index (χ2v) is 12.0. The average molecular weight is 650 g/mol. The van der Waals surface area contributed by atoms with Gasteiger partial charge >= 0.3 is 10.1 Å². The standard InChI is InChI=1S/C29H20BrN3O8S/c30-19-11-13-20(14-12-19)31-28(34)25-26(32(40-27(25)29(31)35)21-5-4-6-22(17-21)33(36)37)18-9-15-23(16-10-18)41-42(38,39)24-7-2-1-3-8-24/h1-17,25-27H/t25-,26+,27-/m0/s1. The predicted molar refractivity (Wildman–Crippen MR) is 154 cm³/mol. The third-order valence-electron chi connectivity index (χ3n) is 6.95. The predicted octanol–water partition coefficient (Wildman–Crippen LogP) is 5.18. The lowest BCUT2D eigenvalue weighted by Crippen LogP contribution is -2.37. The van der Waals surface area contributed by atoms with Crippen molar-refractivity contribution in [3.05, 3.63) is 123 Å². The first-order valence-electron chi connectivity index (χ1n) is 12.6. The molecular formula is C29H20BrN3O8S. The molecule has 3 atom stereocenters. The number of nitrogens with zero attached hydrogens (tertiary/aromatic N) is 3. The van der Waals surface area contributed by atoms with Gasteiger partial charge in [-0.25, -0.2) is 9.96 Å². The molecule has 4 aromatic rings. The topological polar surface area (TPSA) is 136 Å². The molecule has 2 aliphatic rings. The lowest BCUT2D eigenvalue weighted by Gasteiger charge is -2.28. The molecule has 0 spiro atoms. The fourth-order valence-corrected chi connectivity index (χ4v) is 6.26. The summed E-state index contributed by atoms with van der Waals surface area (Å²) in [6.07, 6.45) is -1.19. The Morgan fingerprint density at radius 3 is 2.19 bits per heavy atom. The van der Waals surface area contributed by atoms with Gasteiger partial charge in [-0.2, -0.15) is 8.42 Å². The van der Waals surface area contributed by atoms with Crippen LogP contribution in [0.4, 0.5) is 17.1 Å². The number of nitro groups is 1. The second-order valence-electron chi connectivity index (χ2n) is 9.51. The maximum atomic E-state index is 13.8. The van der Waals surface area contributed by atoms with E-state index >= 15 is 0 Å². The summed E-state index contributed by atoms with van der Waals surface area (Å²) in [5.74, 6) is -2.04. The maximum Gasteiger partial charge on any atom is 0.339 e. The molecule has 0 aliphatic carbocycles. The zero-order chi connectivity index (χ0) is 29.6. The number of hydroxylamine groups is 1. The number of hydrogen-bond donors (Lipinski definition) is 0. The summed E-state index contributed by atoms with van der Waals surface area (Å²) >= 11 is 3.34. The van der Waals surface area contributed by atoms with E-state index in [-0.39, 0.29) is 22.0 Å². The number of non-ortho nitro benzene ring substituents is 1. The van der Waals surface area contributed by atoms with Gasteiger partial charge in [-0.05, 0) is 60.2 Å². The molecule has 2 aliphatic heterocycles. The summed E-state index contributed by atoms with van der Waals surface area (Å²) in [4.78, 5) is 45.3. The Hall–Kier alpha value is -4.59. The molecule has 2 fully saturated rings. The van der Waals surface area contributed by atoms with Crippen LogP contribution in [0.2, 0.25) is 0 Å². The molecule has 0 radical (unpaired) electrons. The third-order valence-corrected chi connectivity index (χ3v) is 8.74. The van der Waals surface area contributed by atoms with Crippen LogP contribution >= 0.6 is 15.9 Å². The Kier molecular flexibility index (Phi) is 7.01. The fourth-order valence-electron chi connectivity index (χ4n) is 5.05. The number of halogens is 1. The molecule has 42 heavy (non-hydrogen) atoms. The number of anilines is 2. The summed E-state index contributed by atoms with van der Waals surface area (Å²) in [5, 5.41) is 12.8. The lowest BCUT2D eigenvalue weighted by molar-refractivity contribution is -0.384. The van der Waals surface area contributed by atoms with E-state index in [1.807, 2.05) is 0 Å². The smallest absolute Gasteiger partial charge is 0.339 e. The van der Waals surface area contributed by atoms with Crippen LogP contribution < -0.4 is 14.1 Å². The number of carbonyl (C=O) groups excluding carboxylic acids is 2. The summed E-state index contributed by atoms with van der Waals surface area (Å²) in [7, 11) is -4.09. The first-order chi connectivity index (χ1) is 20.1. The molecule has 11 nitrogen and oxygen atoms in total. The molecule has 0 aromatic heterocycles. The fraction of sp³-hybridized carbons (Fsp3) is 0.103. The van der Waals surface area contributed by atoms with Gasteiger partial charge in [0.2, 0.25) is 5.91 Å². The molecule has 0 N–H and O–H groups in total. The number of fused-ring (bicyclic) bond motifs is 1. The van der Waals surface area contributed by atoms with Gasteiger partial charge in [0.15, 0.2) is 6.10 Å². The van der Waals surface area contributed by atoms with Gasteiger partial charge in [-0.3, -0.25) is 24.5 Å². The van der Waals surface area contributed by atoms with Crippen molar-refractivity contribution >= 4 is 54.9 Å². The van der Waals surface area contributed by atoms with Crippen LogP contribution in [-0.4, -0.2) is 31.3 Å². The van der Waals surface area contributed by atoms with Gasteiger partial charge in [-0.1, -0.05) is 52.3 Å². The van der Waals surface area contributed by atoms with Gasteiger partial charge in [0.25, 0.3) is 11.6 Å². The number of carbonyl (C=O) groups is 2.